The van der Waals surface area contributed by atoms with E-state index in [4.69, 9.17) is 4.74 Å². The van der Waals surface area contributed by atoms with Crippen molar-refractivity contribution in [2.24, 2.45) is 0 Å². The maximum absolute atomic E-state index is 11.8. The molecule has 0 amide bonds. The van der Waals surface area contributed by atoms with E-state index in [0.29, 0.717) is 13.1 Å². The largest absolute Gasteiger partial charge is 0.387 e. The van der Waals surface area contributed by atoms with E-state index >= 15 is 0 Å². The van der Waals surface area contributed by atoms with Crippen LogP contribution in [0.5, 0.6) is 0 Å². The lowest BCUT2D eigenvalue weighted by molar-refractivity contribution is 0.0181. The van der Waals surface area contributed by atoms with Crippen LogP contribution in [-0.2, 0) is 4.74 Å². The number of rotatable bonds is 8. The molecule has 21 heavy (non-hydrogen) atoms. The molecule has 2 aromatic carbocycles. The van der Waals surface area contributed by atoms with Crippen LogP contribution >= 0.6 is 0 Å². The molecule has 3 nitrogen and oxygen atoms in total. The predicted octanol–water partition coefficient (Wildman–Crippen LogP) is 2.74. The van der Waals surface area contributed by atoms with Gasteiger partial charge in [0.15, 0.2) is 0 Å². The minimum atomic E-state index is -2.44. The Kier molecular flexibility index (Phi) is 6.04. The topological polar surface area (TPSA) is 41.5 Å². The van der Waals surface area contributed by atoms with Crippen molar-refractivity contribution < 1.29 is 18.6 Å². The molecule has 0 fully saturated rings. The number of benzene rings is 2. The van der Waals surface area contributed by atoms with E-state index in [-0.39, 0.29) is 6.61 Å². The van der Waals surface area contributed by atoms with Crippen LogP contribution in [0.25, 0.3) is 10.8 Å². The molecule has 0 bridgehead atoms. The van der Waals surface area contributed by atoms with Crippen LogP contribution in [0.15, 0.2) is 42.5 Å². The van der Waals surface area contributed by atoms with E-state index in [1.807, 2.05) is 42.5 Å². The molecule has 114 valence electrons. The Bertz CT molecular complexity index is 563. The van der Waals surface area contributed by atoms with Gasteiger partial charge in [0.1, 0.15) is 6.61 Å². The molecule has 2 aromatic rings. The Morgan fingerprint density at radius 1 is 1.10 bits per heavy atom. The third-order valence-electron chi connectivity index (χ3n) is 3.16. The molecule has 5 heteroatoms. The van der Waals surface area contributed by atoms with Crippen LogP contribution in [0.3, 0.4) is 0 Å². The second-order valence-electron chi connectivity index (χ2n) is 4.79. The Labute approximate surface area is 122 Å². The van der Waals surface area contributed by atoms with E-state index in [2.05, 4.69) is 5.32 Å². The standard InChI is InChI=1S/C16H19F2NO2/c17-16(18)11-21-8-7-19-10-15(20)14-6-5-12-3-1-2-4-13(12)9-14/h1-6,9,15-16,19-20H,7-8,10-11H2. The highest BCUT2D eigenvalue weighted by Gasteiger charge is 2.07. The van der Waals surface area contributed by atoms with Gasteiger partial charge in [-0.3, -0.25) is 0 Å². The Balaban J connectivity index is 1.78. The maximum Gasteiger partial charge on any atom is 0.261 e. The van der Waals surface area contributed by atoms with E-state index in [9.17, 15) is 13.9 Å². The summed E-state index contributed by atoms with van der Waals surface area (Å²) in [5.74, 6) is 0. The monoisotopic (exact) mass is 295 g/mol. The van der Waals surface area contributed by atoms with Crippen LogP contribution in [0.2, 0.25) is 0 Å². The van der Waals surface area contributed by atoms with Gasteiger partial charge in [0, 0.05) is 13.1 Å². The number of ether oxygens (including phenoxy) is 1. The SMILES string of the molecule is OC(CNCCOCC(F)F)c1ccc2ccccc2c1. The molecule has 2 rings (SSSR count). The van der Waals surface area contributed by atoms with Gasteiger partial charge in [0.2, 0.25) is 0 Å². The van der Waals surface area contributed by atoms with Crippen molar-refractivity contribution >= 4 is 10.8 Å². The van der Waals surface area contributed by atoms with Gasteiger partial charge in [-0.2, -0.15) is 0 Å². The minimum Gasteiger partial charge on any atom is -0.387 e. The van der Waals surface area contributed by atoms with Gasteiger partial charge in [-0.1, -0.05) is 36.4 Å². The van der Waals surface area contributed by atoms with E-state index < -0.39 is 19.1 Å². The van der Waals surface area contributed by atoms with Crippen LogP contribution in [0, 0.1) is 0 Å². The molecule has 0 heterocycles. The van der Waals surface area contributed by atoms with Crippen molar-refractivity contribution in [3.05, 3.63) is 48.0 Å². The van der Waals surface area contributed by atoms with Gasteiger partial charge in [-0.15, -0.1) is 0 Å². The summed E-state index contributed by atoms with van der Waals surface area (Å²) < 4.78 is 28.4. The molecule has 0 aliphatic heterocycles. The van der Waals surface area contributed by atoms with Crippen molar-refractivity contribution in [2.75, 3.05) is 26.3 Å². The lowest BCUT2D eigenvalue weighted by atomic mass is 10.0. The molecule has 0 aliphatic rings. The first-order chi connectivity index (χ1) is 10.2. The fourth-order valence-corrected chi connectivity index (χ4v) is 2.09. The summed E-state index contributed by atoms with van der Waals surface area (Å²) in [6.45, 7) is 0.442. The second-order valence-corrected chi connectivity index (χ2v) is 4.79. The summed E-state index contributed by atoms with van der Waals surface area (Å²) in [7, 11) is 0. The molecule has 0 radical (unpaired) electrons. The minimum absolute atomic E-state index is 0.203. The molecule has 0 aliphatic carbocycles. The van der Waals surface area contributed by atoms with Gasteiger partial charge in [-0.25, -0.2) is 8.78 Å². The molecule has 0 spiro atoms. The van der Waals surface area contributed by atoms with Gasteiger partial charge in [0.05, 0.1) is 12.7 Å². The van der Waals surface area contributed by atoms with Crippen LogP contribution < -0.4 is 5.32 Å². The first-order valence-electron chi connectivity index (χ1n) is 6.90. The van der Waals surface area contributed by atoms with E-state index in [1.165, 1.54) is 0 Å². The summed E-state index contributed by atoms with van der Waals surface area (Å²) in [6, 6.07) is 13.8. The van der Waals surface area contributed by atoms with Crippen molar-refractivity contribution in [1.29, 1.82) is 0 Å². The molecular formula is C16H19F2NO2. The van der Waals surface area contributed by atoms with Crippen molar-refractivity contribution in [1.82, 2.24) is 5.32 Å². The average molecular weight is 295 g/mol. The van der Waals surface area contributed by atoms with Crippen LogP contribution in [-0.4, -0.2) is 37.8 Å². The van der Waals surface area contributed by atoms with E-state index in [0.717, 1.165) is 16.3 Å². The smallest absolute Gasteiger partial charge is 0.261 e. The molecule has 0 saturated heterocycles. The van der Waals surface area contributed by atoms with Gasteiger partial charge < -0.3 is 15.2 Å². The number of alkyl halides is 2. The molecule has 1 unspecified atom stereocenters. The number of hydrogen-bond donors (Lipinski definition) is 2. The summed E-state index contributed by atoms with van der Waals surface area (Å²) in [4.78, 5) is 0. The number of halogens is 2. The maximum atomic E-state index is 11.8. The zero-order chi connectivity index (χ0) is 15.1. The Morgan fingerprint density at radius 2 is 1.86 bits per heavy atom. The first-order valence-corrected chi connectivity index (χ1v) is 6.90. The quantitative estimate of drug-likeness (QED) is 0.736. The number of fused-ring (bicyclic) bond motifs is 1. The van der Waals surface area contributed by atoms with Gasteiger partial charge in [-0.05, 0) is 22.4 Å². The number of nitrogens with one attached hydrogen (secondary N) is 1. The van der Waals surface area contributed by atoms with Crippen molar-refractivity contribution in [2.45, 2.75) is 12.5 Å². The third-order valence-corrected chi connectivity index (χ3v) is 3.16. The van der Waals surface area contributed by atoms with Crippen molar-refractivity contribution in [3.63, 3.8) is 0 Å². The van der Waals surface area contributed by atoms with Crippen LogP contribution in [0.4, 0.5) is 8.78 Å². The second kappa shape index (κ2) is 8.02. The zero-order valence-corrected chi connectivity index (χ0v) is 11.6. The van der Waals surface area contributed by atoms with Crippen LogP contribution in [0.1, 0.15) is 11.7 Å². The summed E-state index contributed by atoms with van der Waals surface area (Å²) in [5, 5.41) is 15.3. The summed E-state index contributed by atoms with van der Waals surface area (Å²) in [6.07, 6.45) is -3.07. The molecule has 1 atom stereocenters. The normalized spacial score (nSPS) is 13.0. The number of hydrogen-bond acceptors (Lipinski definition) is 3. The number of aliphatic hydroxyl groups excluding tert-OH is 1. The molecule has 2 N–H and O–H groups in total. The lowest BCUT2D eigenvalue weighted by Crippen LogP contribution is -2.26. The first kappa shape index (κ1) is 15.8. The fraction of sp³-hybridized carbons (Fsp3) is 0.375. The van der Waals surface area contributed by atoms with E-state index in [1.54, 1.807) is 0 Å². The third kappa shape index (κ3) is 5.04. The lowest BCUT2D eigenvalue weighted by Gasteiger charge is -2.13. The molecule has 0 aromatic heterocycles. The Hall–Kier alpha value is -1.56. The van der Waals surface area contributed by atoms with Gasteiger partial charge in [0.25, 0.3) is 6.43 Å². The number of aliphatic hydroxyl groups is 1. The highest BCUT2D eigenvalue weighted by Crippen LogP contribution is 2.19. The van der Waals surface area contributed by atoms with Crippen molar-refractivity contribution in [3.8, 4) is 0 Å². The highest BCUT2D eigenvalue weighted by molar-refractivity contribution is 5.83. The molecular weight excluding hydrogens is 276 g/mol. The molecule has 0 saturated carbocycles. The summed E-state index contributed by atoms with van der Waals surface area (Å²) >= 11 is 0. The average Bonchev–Trinajstić information content (AvgIpc) is 2.49. The summed E-state index contributed by atoms with van der Waals surface area (Å²) in [5.41, 5.74) is 0.828. The Morgan fingerprint density at radius 3 is 2.62 bits per heavy atom. The predicted molar refractivity (Wildman–Crippen MR) is 78.6 cm³/mol. The van der Waals surface area contributed by atoms with Gasteiger partial charge >= 0.3 is 0 Å². The highest BCUT2D eigenvalue weighted by atomic mass is 19.3. The zero-order valence-electron chi connectivity index (χ0n) is 11.6. The fourth-order valence-electron chi connectivity index (χ4n) is 2.09.